The predicted octanol–water partition coefficient (Wildman–Crippen LogP) is 2.84. The zero-order valence-electron chi connectivity index (χ0n) is 15.3. The molecule has 6 heteroatoms. The van der Waals surface area contributed by atoms with Gasteiger partial charge in [-0.1, -0.05) is 30.3 Å². The number of hydrogen-bond donors (Lipinski definition) is 2. The average Bonchev–Trinajstić information content (AvgIpc) is 3.11. The fourth-order valence-corrected chi connectivity index (χ4v) is 4.08. The lowest BCUT2D eigenvalue weighted by atomic mass is 10.2. The Bertz CT molecular complexity index is 696. The number of nitrogens with zero attached hydrogens (tertiary/aromatic N) is 1. The fourth-order valence-electron chi connectivity index (χ4n) is 3.06. The first-order valence-corrected chi connectivity index (χ1v) is 10.1. The van der Waals surface area contributed by atoms with Gasteiger partial charge in [0, 0.05) is 37.6 Å². The van der Waals surface area contributed by atoms with Gasteiger partial charge in [0.15, 0.2) is 0 Å². The van der Waals surface area contributed by atoms with Crippen molar-refractivity contribution in [2.24, 2.45) is 0 Å². The van der Waals surface area contributed by atoms with Crippen LogP contribution in [0.15, 0.2) is 36.4 Å². The molecule has 2 N–H and O–H groups in total. The summed E-state index contributed by atoms with van der Waals surface area (Å²) in [6, 6.07) is 12.1. The highest BCUT2D eigenvalue weighted by atomic mass is 32.1. The third-order valence-corrected chi connectivity index (χ3v) is 5.57. The van der Waals surface area contributed by atoms with Crippen LogP contribution in [0.5, 0.6) is 5.75 Å². The van der Waals surface area contributed by atoms with Crippen LogP contribution >= 0.6 is 11.3 Å². The minimum atomic E-state index is -0.0408. The molecule has 3 rings (SSSR count). The third kappa shape index (κ3) is 5.06. The number of ether oxygens (including phenoxy) is 1. The first-order valence-electron chi connectivity index (χ1n) is 9.31. The van der Waals surface area contributed by atoms with Crippen LogP contribution in [0.25, 0.3) is 10.4 Å². The number of thiophene rings is 1. The lowest BCUT2D eigenvalue weighted by molar-refractivity contribution is 0.0952. The summed E-state index contributed by atoms with van der Waals surface area (Å²) < 4.78 is 5.70. The Morgan fingerprint density at radius 1 is 1.27 bits per heavy atom. The van der Waals surface area contributed by atoms with Crippen molar-refractivity contribution in [1.29, 1.82) is 0 Å². The van der Waals surface area contributed by atoms with Crippen LogP contribution in [0.2, 0.25) is 0 Å². The summed E-state index contributed by atoms with van der Waals surface area (Å²) in [4.78, 5) is 16.8. The van der Waals surface area contributed by atoms with E-state index in [1.54, 1.807) is 0 Å². The van der Waals surface area contributed by atoms with Gasteiger partial charge in [0.25, 0.3) is 5.91 Å². The molecule has 0 saturated carbocycles. The maximum atomic E-state index is 12.6. The van der Waals surface area contributed by atoms with Gasteiger partial charge in [-0.3, -0.25) is 4.79 Å². The van der Waals surface area contributed by atoms with Crippen LogP contribution in [0, 0.1) is 0 Å². The molecule has 5 nitrogen and oxygen atoms in total. The molecule has 1 aromatic carbocycles. The van der Waals surface area contributed by atoms with E-state index in [9.17, 15) is 4.79 Å². The summed E-state index contributed by atoms with van der Waals surface area (Å²) in [6.07, 6.45) is 0.965. The van der Waals surface area contributed by atoms with E-state index >= 15 is 0 Å². The third-order valence-electron chi connectivity index (χ3n) is 4.41. The van der Waals surface area contributed by atoms with Crippen molar-refractivity contribution in [3.8, 4) is 16.2 Å². The summed E-state index contributed by atoms with van der Waals surface area (Å²) in [5, 5.41) is 6.41. The van der Waals surface area contributed by atoms with Crippen molar-refractivity contribution in [2.75, 3.05) is 45.9 Å². The second kappa shape index (κ2) is 9.71. The molecule has 0 atom stereocenters. The molecular formula is C20H27N3O2S. The molecule has 140 valence electrons. The van der Waals surface area contributed by atoms with E-state index in [4.69, 9.17) is 4.74 Å². The standard InChI is InChI=1S/C20H27N3O2S/c1-2-25-17-15-18(16-7-4-3-5-8-16)26-19(17)20(24)22-9-6-12-23-13-10-21-11-14-23/h3-5,7-8,15,21H,2,6,9-14H2,1H3,(H,22,24). The molecule has 1 aromatic heterocycles. The topological polar surface area (TPSA) is 53.6 Å². The molecule has 0 spiro atoms. The van der Waals surface area contributed by atoms with Gasteiger partial charge in [-0.2, -0.15) is 0 Å². The van der Waals surface area contributed by atoms with Crippen molar-refractivity contribution >= 4 is 17.2 Å². The lowest BCUT2D eigenvalue weighted by Gasteiger charge is -2.27. The molecule has 2 aromatic rings. The number of nitrogens with one attached hydrogen (secondary N) is 2. The van der Waals surface area contributed by atoms with Crippen molar-refractivity contribution in [2.45, 2.75) is 13.3 Å². The van der Waals surface area contributed by atoms with Crippen LogP contribution in [0.4, 0.5) is 0 Å². The largest absolute Gasteiger partial charge is 0.492 e. The molecule has 0 radical (unpaired) electrons. The fraction of sp³-hybridized carbons (Fsp3) is 0.450. The Labute approximate surface area is 159 Å². The zero-order chi connectivity index (χ0) is 18.2. The van der Waals surface area contributed by atoms with Gasteiger partial charge in [0.05, 0.1) is 6.61 Å². The van der Waals surface area contributed by atoms with Crippen LogP contribution in [-0.4, -0.2) is 56.7 Å². The molecule has 0 bridgehead atoms. The molecule has 0 aliphatic carbocycles. The summed E-state index contributed by atoms with van der Waals surface area (Å²) in [7, 11) is 0. The smallest absolute Gasteiger partial charge is 0.265 e. The number of carbonyl (C=O) groups excluding carboxylic acids is 1. The quantitative estimate of drug-likeness (QED) is 0.699. The molecule has 1 aliphatic rings. The van der Waals surface area contributed by atoms with Gasteiger partial charge < -0.3 is 20.3 Å². The second-order valence-electron chi connectivity index (χ2n) is 6.30. The Morgan fingerprint density at radius 3 is 2.77 bits per heavy atom. The van der Waals surface area contributed by atoms with Crippen LogP contribution in [0.1, 0.15) is 23.0 Å². The Kier molecular flexibility index (Phi) is 7.05. The van der Waals surface area contributed by atoms with Crippen molar-refractivity contribution in [3.63, 3.8) is 0 Å². The van der Waals surface area contributed by atoms with Crippen molar-refractivity contribution in [3.05, 3.63) is 41.3 Å². The Morgan fingerprint density at radius 2 is 2.04 bits per heavy atom. The molecular weight excluding hydrogens is 346 g/mol. The highest BCUT2D eigenvalue weighted by Gasteiger charge is 2.18. The number of benzene rings is 1. The number of amides is 1. The number of piperazine rings is 1. The van der Waals surface area contributed by atoms with Gasteiger partial charge in [-0.25, -0.2) is 0 Å². The van der Waals surface area contributed by atoms with Crippen molar-refractivity contribution in [1.82, 2.24) is 15.5 Å². The predicted molar refractivity (Wildman–Crippen MR) is 107 cm³/mol. The van der Waals surface area contributed by atoms with E-state index in [0.29, 0.717) is 23.8 Å². The maximum absolute atomic E-state index is 12.6. The van der Waals surface area contributed by atoms with Gasteiger partial charge in [0.2, 0.25) is 0 Å². The number of hydrogen-bond acceptors (Lipinski definition) is 5. The van der Waals surface area contributed by atoms with Crippen molar-refractivity contribution < 1.29 is 9.53 Å². The highest BCUT2D eigenvalue weighted by Crippen LogP contribution is 2.36. The summed E-state index contributed by atoms with van der Waals surface area (Å²) in [5.41, 5.74) is 1.11. The van der Waals surface area contributed by atoms with E-state index in [-0.39, 0.29) is 5.91 Å². The molecule has 1 saturated heterocycles. The maximum Gasteiger partial charge on any atom is 0.265 e. The summed E-state index contributed by atoms with van der Waals surface area (Å²) in [6.45, 7) is 8.50. The Hall–Kier alpha value is -1.89. The molecule has 1 aliphatic heterocycles. The second-order valence-corrected chi connectivity index (χ2v) is 7.36. The Balaban J connectivity index is 1.57. The highest BCUT2D eigenvalue weighted by molar-refractivity contribution is 7.17. The molecule has 26 heavy (non-hydrogen) atoms. The van der Waals surface area contributed by atoms with Crippen LogP contribution < -0.4 is 15.4 Å². The first kappa shape index (κ1) is 18.9. The normalized spacial score (nSPS) is 15.0. The van der Waals surface area contributed by atoms with Gasteiger partial charge in [-0.15, -0.1) is 11.3 Å². The minimum absolute atomic E-state index is 0.0408. The van der Waals surface area contributed by atoms with Gasteiger partial charge >= 0.3 is 0 Å². The van der Waals surface area contributed by atoms with E-state index in [2.05, 4.69) is 27.7 Å². The SMILES string of the molecule is CCOc1cc(-c2ccccc2)sc1C(=O)NCCCN1CCNCC1. The van der Waals surface area contributed by atoms with Crippen LogP contribution in [0.3, 0.4) is 0 Å². The molecule has 2 heterocycles. The summed E-state index contributed by atoms with van der Waals surface area (Å²) >= 11 is 1.49. The molecule has 1 amide bonds. The summed E-state index contributed by atoms with van der Waals surface area (Å²) in [5.74, 6) is 0.636. The zero-order valence-corrected chi connectivity index (χ0v) is 16.1. The average molecular weight is 374 g/mol. The molecule has 0 unspecified atom stereocenters. The van der Waals surface area contributed by atoms with E-state index in [1.165, 1.54) is 11.3 Å². The number of rotatable bonds is 8. The van der Waals surface area contributed by atoms with Gasteiger partial charge in [-0.05, 0) is 31.5 Å². The molecule has 1 fully saturated rings. The van der Waals surface area contributed by atoms with E-state index in [1.807, 2.05) is 31.2 Å². The lowest BCUT2D eigenvalue weighted by Crippen LogP contribution is -2.44. The van der Waals surface area contributed by atoms with Gasteiger partial charge in [0.1, 0.15) is 10.6 Å². The minimum Gasteiger partial charge on any atom is -0.492 e. The monoisotopic (exact) mass is 373 g/mol. The van der Waals surface area contributed by atoms with Crippen LogP contribution in [-0.2, 0) is 0 Å². The van der Waals surface area contributed by atoms with E-state index in [0.717, 1.165) is 49.6 Å². The first-order chi connectivity index (χ1) is 12.8. The number of carbonyl (C=O) groups is 1. The van der Waals surface area contributed by atoms with E-state index < -0.39 is 0 Å².